The van der Waals surface area contributed by atoms with Crippen LogP contribution in [0, 0.1) is 0 Å². The molecule has 1 N–H and O–H groups in total. The van der Waals surface area contributed by atoms with Crippen LogP contribution in [0.4, 0.5) is 11.5 Å². The minimum Gasteiger partial charge on any atom is -0.331 e. The normalized spacial score (nSPS) is 16.4. The summed E-state index contributed by atoms with van der Waals surface area (Å²) in [5, 5.41) is 4.16. The second kappa shape index (κ2) is 7.12. The molecule has 1 amide bonds. The molecule has 0 bridgehead atoms. The van der Waals surface area contributed by atoms with Crippen LogP contribution in [-0.4, -0.2) is 22.0 Å². The van der Waals surface area contributed by atoms with Gasteiger partial charge in [-0.3, -0.25) is 4.79 Å². The Kier molecular flexibility index (Phi) is 4.52. The van der Waals surface area contributed by atoms with Crippen molar-refractivity contribution in [3.8, 4) is 0 Å². The van der Waals surface area contributed by atoms with E-state index < -0.39 is 0 Å². The quantitative estimate of drug-likeness (QED) is 0.695. The molecule has 0 radical (unpaired) electrons. The summed E-state index contributed by atoms with van der Waals surface area (Å²) in [6.45, 7) is 2.18. The molecule has 1 aromatic heterocycles. The first-order valence-corrected chi connectivity index (χ1v) is 9.18. The maximum atomic E-state index is 12.6. The number of nitrogens with zero attached hydrogens (tertiary/aromatic N) is 3. The third-order valence-electron chi connectivity index (χ3n) is 4.85. The highest BCUT2D eigenvalue weighted by Gasteiger charge is 2.32. The lowest BCUT2D eigenvalue weighted by atomic mass is 10.0. The zero-order valence-electron chi connectivity index (χ0n) is 14.9. The minimum absolute atomic E-state index is 0.0169. The Hall–Kier alpha value is -2.95. The third kappa shape index (κ3) is 2.90. The maximum Gasteiger partial charge on any atom is 0.255 e. The van der Waals surface area contributed by atoms with Crippen molar-refractivity contribution in [2.45, 2.75) is 38.8 Å². The summed E-state index contributed by atoms with van der Waals surface area (Å²) in [6.07, 6.45) is 5.72. The number of aromatic nitrogens is 2. The van der Waals surface area contributed by atoms with Crippen molar-refractivity contribution in [1.29, 1.82) is 0 Å². The molecular formula is C21H22N4O. The van der Waals surface area contributed by atoms with E-state index in [9.17, 15) is 4.79 Å². The number of fused-ring (bicyclic) bond motifs is 2. The number of amides is 1. The molecule has 5 nitrogen and oxygen atoms in total. The SMILES string of the molecule is CCCCCC1NC(=O)c2ccccc2N1c1ncnc2ccccc12. The highest BCUT2D eigenvalue weighted by molar-refractivity contribution is 6.04. The number of nitrogens with one attached hydrogen (secondary N) is 1. The topological polar surface area (TPSA) is 58.1 Å². The van der Waals surface area contributed by atoms with Gasteiger partial charge in [0.2, 0.25) is 0 Å². The lowest BCUT2D eigenvalue weighted by molar-refractivity contribution is 0.0927. The van der Waals surface area contributed by atoms with Crippen LogP contribution in [-0.2, 0) is 0 Å². The Labute approximate surface area is 153 Å². The minimum atomic E-state index is -0.109. The van der Waals surface area contributed by atoms with Crippen molar-refractivity contribution in [2.75, 3.05) is 4.90 Å². The van der Waals surface area contributed by atoms with Gasteiger partial charge in [0.05, 0.1) is 16.8 Å². The van der Waals surface area contributed by atoms with Gasteiger partial charge in [-0.05, 0) is 37.1 Å². The molecule has 1 aliphatic rings. The Bertz CT molecular complexity index is 935. The maximum absolute atomic E-state index is 12.6. The van der Waals surface area contributed by atoms with Crippen molar-refractivity contribution in [3.63, 3.8) is 0 Å². The van der Waals surface area contributed by atoms with Crippen LogP contribution in [0.15, 0.2) is 54.9 Å². The summed E-state index contributed by atoms with van der Waals surface area (Å²) in [6, 6.07) is 15.7. The molecule has 26 heavy (non-hydrogen) atoms. The fourth-order valence-corrected chi connectivity index (χ4v) is 3.57. The summed E-state index contributed by atoms with van der Waals surface area (Å²) < 4.78 is 0. The number of para-hydroxylation sites is 2. The Morgan fingerprint density at radius 3 is 2.73 bits per heavy atom. The van der Waals surface area contributed by atoms with Gasteiger partial charge in [0.1, 0.15) is 18.3 Å². The molecule has 0 saturated carbocycles. The number of carbonyl (C=O) groups is 1. The lowest BCUT2D eigenvalue weighted by Crippen LogP contribution is -2.51. The standard InChI is InChI=1S/C21H22N4O/c1-2-3-4-13-19-24-21(26)16-10-6-8-12-18(16)25(19)20-15-9-5-7-11-17(15)22-14-23-20/h5-12,14,19H,2-4,13H2,1H3,(H,24,26). The van der Waals surface area contributed by atoms with E-state index in [-0.39, 0.29) is 12.1 Å². The highest BCUT2D eigenvalue weighted by Crippen LogP contribution is 2.36. The summed E-state index contributed by atoms with van der Waals surface area (Å²) in [7, 11) is 0. The molecule has 1 aliphatic heterocycles. The molecule has 0 fully saturated rings. The number of hydrogen-bond acceptors (Lipinski definition) is 4. The van der Waals surface area contributed by atoms with E-state index >= 15 is 0 Å². The number of rotatable bonds is 5. The van der Waals surface area contributed by atoms with E-state index in [0.29, 0.717) is 5.56 Å². The van der Waals surface area contributed by atoms with Crippen molar-refractivity contribution >= 4 is 28.3 Å². The van der Waals surface area contributed by atoms with E-state index in [1.54, 1.807) is 6.33 Å². The Balaban J connectivity index is 1.85. The van der Waals surface area contributed by atoms with E-state index in [4.69, 9.17) is 0 Å². The fraction of sp³-hybridized carbons (Fsp3) is 0.286. The summed E-state index contributed by atoms with van der Waals surface area (Å²) in [5.41, 5.74) is 2.49. The van der Waals surface area contributed by atoms with Gasteiger partial charge in [-0.2, -0.15) is 0 Å². The first kappa shape index (κ1) is 16.5. The van der Waals surface area contributed by atoms with Gasteiger partial charge >= 0.3 is 0 Å². The zero-order valence-corrected chi connectivity index (χ0v) is 14.9. The van der Waals surface area contributed by atoms with Crippen LogP contribution in [0.1, 0.15) is 43.0 Å². The monoisotopic (exact) mass is 346 g/mol. The number of hydrogen-bond donors (Lipinski definition) is 1. The number of anilines is 2. The molecule has 0 spiro atoms. The molecule has 2 aromatic carbocycles. The predicted molar refractivity (Wildman–Crippen MR) is 104 cm³/mol. The molecule has 1 unspecified atom stereocenters. The van der Waals surface area contributed by atoms with Gasteiger partial charge in [-0.15, -0.1) is 0 Å². The third-order valence-corrected chi connectivity index (χ3v) is 4.85. The summed E-state index contributed by atoms with van der Waals surface area (Å²) in [5.74, 6) is 0.821. The van der Waals surface area contributed by atoms with E-state index in [1.807, 2.05) is 48.5 Å². The van der Waals surface area contributed by atoms with Gasteiger partial charge in [-0.25, -0.2) is 9.97 Å². The molecule has 2 heterocycles. The van der Waals surface area contributed by atoms with Gasteiger partial charge in [0.25, 0.3) is 5.91 Å². The first-order valence-electron chi connectivity index (χ1n) is 9.18. The van der Waals surface area contributed by atoms with E-state index in [0.717, 1.165) is 48.1 Å². The van der Waals surface area contributed by atoms with Crippen LogP contribution in [0.5, 0.6) is 0 Å². The molecule has 5 heteroatoms. The van der Waals surface area contributed by atoms with Crippen molar-refractivity contribution in [2.24, 2.45) is 0 Å². The van der Waals surface area contributed by atoms with Crippen LogP contribution in [0.2, 0.25) is 0 Å². The zero-order chi connectivity index (χ0) is 17.9. The van der Waals surface area contributed by atoms with Gasteiger partial charge in [0, 0.05) is 5.39 Å². The number of unbranched alkanes of at least 4 members (excludes halogenated alkanes) is 2. The highest BCUT2D eigenvalue weighted by atomic mass is 16.2. The molecule has 4 rings (SSSR count). The molecule has 132 valence electrons. The van der Waals surface area contributed by atoms with Gasteiger partial charge < -0.3 is 10.2 Å². The number of carbonyl (C=O) groups excluding carboxylic acids is 1. The van der Waals surface area contributed by atoms with Gasteiger partial charge in [0.15, 0.2) is 0 Å². The van der Waals surface area contributed by atoms with Crippen LogP contribution >= 0.6 is 0 Å². The largest absolute Gasteiger partial charge is 0.331 e. The summed E-state index contributed by atoms with van der Waals surface area (Å²) >= 11 is 0. The molecule has 1 atom stereocenters. The summed E-state index contributed by atoms with van der Waals surface area (Å²) in [4.78, 5) is 23.7. The Morgan fingerprint density at radius 2 is 1.85 bits per heavy atom. The van der Waals surface area contributed by atoms with E-state index in [1.165, 1.54) is 0 Å². The molecule has 0 aliphatic carbocycles. The van der Waals surface area contributed by atoms with Crippen molar-refractivity contribution in [3.05, 3.63) is 60.4 Å². The second-order valence-corrected chi connectivity index (χ2v) is 6.59. The Morgan fingerprint density at radius 1 is 1.04 bits per heavy atom. The number of benzene rings is 2. The van der Waals surface area contributed by atoms with Gasteiger partial charge in [-0.1, -0.05) is 44.0 Å². The first-order chi connectivity index (χ1) is 12.8. The lowest BCUT2D eigenvalue weighted by Gasteiger charge is -2.38. The van der Waals surface area contributed by atoms with Crippen molar-refractivity contribution < 1.29 is 4.79 Å². The average molecular weight is 346 g/mol. The van der Waals surface area contributed by atoms with Crippen LogP contribution < -0.4 is 10.2 Å². The fourth-order valence-electron chi connectivity index (χ4n) is 3.57. The second-order valence-electron chi connectivity index (χ2n) is 6.59. The average Bonchev–Trinajstić information content (AvgIpc) is 2.68. The van der Waals surface area contributed by atoms with Crippen molar-refractivity contribution in [1.82, 2.24) is 15.3 Å². The smallest absolute Gasteiger partial charge is 0.255 e. The van der Waals surface area contributed by atoms with Crippen LogP contribution in [0.3, 0.4) is 0 Å². The molecule has 3 aromatic rings. The van der Waals surface area contributed by atoms with Crippen LogP contribution in [0.25, 0.3) is 10.9 Å². The van der Waals surface area contributed by atoms with E-state index in [2.05, 4.69) is 27.1 Å². The molecular weight excluding hydrogens is 324 g/mol. The molecule has 0 saturated heterocycles. The predicted octanol–water partition coefficient (Wildman–Crippen LogP) is 4.42.